The zero-order chi connectivity index (χ0) is 16.1. The molecule has 1 aromatic heterocycles. The zero-order valence-electron chi connectivity index (χ0n) is 13.0. The molecule has 0 fully saturated rings. The fraction of sp³-hybridized carbons (Fsp3) is 0.357. The van der Waals surface area contributed by atoms with Crippen molar-refractivity contribution in [2.24, 2.45) is 5.73 Å². The number of methoxy groups -OCH3 is 3. The Morgan fingerprint density at radius 2 is 1.68 bits per heavy atom. The summed E-state index contributed by atoms with van der Waals surface area (Å²) in [5, 5.41) is 11.0. The standard InChI is InChI=1S/C14H19N5O3/c1-8(15)10-7-16-14(19-18-10)17-9-5-11(20-2)13(22-4)12(6-9)21-3/h5-8H,15H2,1-4H3,(H,16,17,19)/t8-/m1/s1. The molecule has 0 aliphatic heterocycles. The Bertz CT molecular complexity index is 606. The molecular formula is C14H19N5O3. The summed E-state index contributed by atoms with van der Waals surface area (Å²) in [7, 11) is 4.65. The van der Waals surface area contributed by atoms with Crippen LogP contribution in [-0.2, 0) is 0 Å². The van der Waals surface area contributed by atoms with Crippen LogP contribution in [0.25, 0.3) is 0 Å². The quantitative estimate of drug-likeness (QED) is 0.830. The first-order valence-electron chi connectivity index (χ1n) is 6.61. The molecule has 8 nitrogen and oxygen atoms in total. The Labute approximate surface area is 128 Å². The van der Waals surface area contributed by atoms with Crippen LogP contribution >= 0.6 is 0 Å². The van der Waals surface area contributed by atoms with Crippen molar-refractivity contribution < 1.29 is 14.2 Å². The van der Waals surface area contributed by atoms with Gasteiger partial charge in [0.2, 0.25) is 11.7 Å². The van der Waals surface area contributed by atoms with E-state index < -0.39 is 0 Å². The SMILES string of the molecule is COc1cc(Nc2ncc([C@@H](C)N)nn2)cc(OC)c1OC. The van der Waals surface area contributed by atoms with Crippen molar-refractivity contribution in [2.75, 3.05) is 26.6 Å². The molecule has 0 spiro atoms. The van der Waals surface area contributed by atoms with E-state index in [0.29, 0.717) is 34.6 Å². The molecule has 0 aliphatic carbocycles. The Kier molecular flexibility index (Phi) is 4.95. The van der Waals surface area contributed by atoms with Gasteiger partial charge in [-0.1, -0.05) is 0 Å². The third kappa shape index (κ3) is 3.34. The van der Waals surface area contributed by atoms with Crippen LogP contribution in [0.1, 0.15) is 18.7 Å². The molecule has 0 saturated heterocycles. The zero-order valence-corrected chi connectivity index (χ0v) is 13.0. The molecule has 2 rings (SSSR count). The normalized spacial score (nSPS) is 11.7. The number of nitrogens with zero attached hydrogens (tertiary/aromatic N) is 3. The fourth-order valence-corrected chi connectivity index (χ4v) is 1.83. The first kappa shape index (κ1) is 15.8. The average molecular weight is 305 g/mol. The van der Waals surface area contributed by atoms with Crippen molar-refractivity contribution in [3.05, 3.63) is 24.0 Å². The molecule has 0 saturated carbocycles. The minimum absolute atomic E-state index is 0.213. The van der Waals surface area contributed by atoms with Crippen molar-refractivity contribution in [1.29, 1.82) is 0 Å². The number of rotatable bonds is 6. The van der Waals surface area contributed by atoms with Gasteiger partial charge in [0.1, 0.15) is 0 Å². The van der Waals surface area contributed by atoms with Crippen LogP contribution in [0.2, 0.25) is 0 Å². The minimum Gasteiger partial charge on any atom is -0.493 e. The average Bonchev–Trinajstić information content (AvgIpc) is 2.54. The molecule has 118 valence electrons. The number of ether oxygens (including phenoxy) is 3. The van der Waals surface area contributed by atoms with E-state index in [2.05, 4.69) is 20.5 Å². The Balaban J connectivity index is 2.29. The number of hydrogen-bond donors (Lipinski definition) is 2. The number of anilines is 2. The van der Waals surface area contributed by atoms with Gasteiger partial charge in [0, 0.05) is 23.9 Å². The van der Waals surface area contributed by atoms with Crippen molar-refractivity contribution in [1.82, 2.24) is 15.2 Å². The van der Waals surface area contributed by atoms with Gasteiger partial charge in [-0.15, -0.1) is 10.2 Å². The first-order chi connectivity index (χ1) is 10.6. The molecule has 22 heavy (non-hydrogen) atoms. The highest BCUT2D eigenvalue weighted by Crippen LogP contribution is 2.40. The maximum absolute atomic E-state index is 5.71. The maximum atomic E-state index is 5.71. The lowest BCUT2D eigenvalue weighted by atomic mass is 10.2. The van der Waals surface area contributed by atoms with Crippen LogP contribution in [-0.4, -0.2) is 36.5 Å². The topological polar surface area (TPSA) is 104 Å². The minimum atomic E-state index is -0.213. The van der Waals surface area contributed by atoms with Crippen molar-refractivity contribution in [3.63, 3.8) is 0 Å². The summed E-state index contributed by atoms with van der Waals surface area (Å²) in [5.74, 6) is 1.93. The molecule has 3 N–H and O–H groups in total. The number of hydrogen-bond acceptors (Lipinski definition) is 8. The lowest BCUT2D eigenvalue weighted by molar-refractivity contribution is 0.324. The van der Waals surface area contributed by atoms with Crippen LogP contribution in [0.4, 0.5) is 11.6 Å². The summed E-state index contributed by atoms with van der Waals surface area (Å²) in [6.07, 6.45) is 1.58. The Morgan fingerprint density at radius 3 is 2.09 bits per heavy atom. The molecule has 8 heteroatoms. The molecule has 0 amide bonds. The highest BCUT2D eigenvalue weighted by Gasteiger charge is 2.14. The van der Waals surface area contributed by atoms with Crippen LogP contribution in [0.5, 0.6) is 17.2 Å². The molecule has 1 heterocycles. The molecule has 1 atom stereocenters. The highest BCUT2D eigenvalue weighted by molar-refractivity contribution is 5.65. The van der Waals surface area contributed by atoms with Gasteiger partial charge in [0.15, 0.2) is 11.5 Å². The van der Waals surface area contributed by atoms with E-state index in [1.807, 2.05) is 6.92 Å². The van der Waals surface area contributed by atoms with Gasteiger partial charge in [0.25, 0.3) is 0 Å². The second kappa shape index (κ2) is 6.90. The van der Waals surface area contributed by atoms with Gasteiger partial charge in [-0.25, -0.2) is 4.98 Å². The summed E-state index contributed by atoms with van der Waals surface area (Å²) >= 11 is 0. The van der Waals surface area contributed by atoms with Crippen LogP contribution in [0.3, 0.4) is 0 Å². The summed E-state index contributed by atoms with van der Waals surface area (Å²) in [6.45, 7) is 1.82. The monoisotopic (exact) mass is 305 g/mol. The number of aromatic nitrogens is 3. The third-order valence-corrected chi connectivity index (χ3v) is 2.97. The third-order valence-electron chi connectivity index (χ3n) is 2.97. The second-order valence-corrected chi connectivity index (χ2v) is 4.53. The summed E-state index contributed by atoms with van der Waals surface area (Å²) in [5.41, 5.74) is 7.02. The van der Waals surface area contributed by atoms with Gasteiger partial charge in [0.05, 0.1) is 33.2 Å². The van der Waals surface area contributed by atoms with E-state index >= 15 is 0 Å². The molecule has 0 unspecified atom stereocenters. The predicted molar refractivity (Wildman–Crippen MR) is 81.8 cm³/mol. The highest BCUT2D eigenvalue weighted by atomic mass is 16.5. The lowest BCUT2D eigenvalue weighted by Gasteiger charge is -2.14. The van der Waals surface area contributed by atoms with Crippen molar-refractivity contribution in [2.45, 2.75) is 13.0 Å². The van der Waals surface area contributed by atoms with E-state index in [4.69, 9.17) is 19.9 Å². The molecule has 2 aromatic rings. The molecular weight excluding hydrogens is 286 g/mol. The van der Waals surface area contributed by atoms with Crippen molar-refractivity contribution in [3.8, 4) is 17.2 Å². The molecule has 0 aliphatic rings. The molecule has 0 bridgehead atoms. The molecule has 0 radical (unpaired) electrons. The van der Waals surface area contributed by atoms with Gasteiger partial charge >= 0.3 is 0 Å². The van der Waals surface area contributed by atoms with E-state index in [1.54, 1.807) is 39.7 Å². The Hall–Kier alpha value is -2.61. The van der Waals surface area contributed by atoms with Gasteiger partial charge < -0.3 is 25.3 Å². The van der Waals surface area contributed by atoms with Crippen LogP contribution in [0.15, 0.2) is 18.3 Å². The van der Waals surface area contributed by atoms with Gasteiger partial charge in [-0.2, -0.15) is 0 Å². The van der Waals surface area contributed by atoms with E-state index in [1.165, 1.54) is 0 Å². The second-order valence-electron chi connectivity index (χ2n) is 4.53. The van der Waals surface area contributed by atoms with Gasteiger partial charge in [-0.3, -0.25) is 0 Å². The van der Waals surface area contributed by atoms with Crippen LogP contribution in [0, 0.1) is 0 Å². The van der Waals surface area contributed by atoms with E-state index in [0.717, 1.165) is 0 Å². The lowest BCUT2D eigenvalue weighted by Crippen LogP contribution is -2.10. The Morgan fingerprint density at radius 1 is 1.05 bits per heavy atom. The largest absolute Gasteiger partial charge is 0.493 e. The maximum Gasteiger partial charge on any atom is 0.247 e. The smallest absolute Gasteiger partial charge is 0.247 e. The molecule has 1 aromatic carbocycles. The van der Waals surface area contributed by atoms with Crippen molar-refractivity contribution >= 4 is 11.6 Å². The van der Waals surface area contributed by atoms with Gasteiger partial charge in [-0.05, 0) is 6.92 Å². The van der Waals surface area contributed by atoms with Crippen LogP contribution < -0.4 is 25.3 Å². The summed E-state index contributed by atoms with van der Waals surface area (Å²) in [6, 6.07) is 3.30. The first-order valence-corrected chi connectivity index (χ1v) is 6.61. The number of benzene rings is 1. The van der Waals surface area contributed by atoms with E-state index in [-0.39, 0.29) is 6.04 Å². The number of nitrogens with two attached hydrogens (primary N) is 1. The summed E-state index contributed by atoms with van der Waals surface area (Å²) < 4.78 is 15.8. The van der Waals surface area contributed by atoms with E-state index in [9.17, 15) is 0 Å². The summed E-state index contributed by atoms with van der Waals surface area (Å²) in [4.78, 5) is 4.17. The fourth-order valence-electron chi connectivity index (χ4n) is 1.83. The predicted octanol–water partition coefficient (Wildman–Crippen LogP) is 1.66. The number of nitrogens with one attached hydrogen (secondary N) is 1.